The number of aromatic nitrogens is 2. The highest BCUT2D eigenvalue weighted by atomic mass is 35.5. The molecule has 0 atom stereocenters. The molecule has 2 aromatic heterocycles. The van der Waals surface area contributed by atoms with Crippen LogP contribution in [0, 0.1) is 0 Å². The number of thioether (sulfide) groups is 1. The fourth-order valence-corrected chi connectivity index (χ4v) is 6.13. The average Bonchev–Trinajstić information content (AvgIpc) is 3.09. The zero-order valence-corrected chi connectivity index (χ0v) is 21.4. The van der Waals surface area contributed by atoms with Crippen molar-refractivity contribution in [1.82, 2.24) is 9.97 Å². The lowest BCUT2D eigenvalue weighted by molar-refractivity contribution is -0.113. The number of nitrogens with one attached hydrogen (secondary N) is 1. The molecule has 3 heterocycles. The molecule has 0 fully saturated rings. The van der Waals surface area contributed by atoms with Gasteiger partial charge in [0.15, 0.2) is 0 Å². The number of anilines is 1. The third-order valence-corrected chi connectivity index (χ3v) is 7.87. The number of carbonyl (C=O) groups excluding carboxylic acids is 1. The van der Waals surface area contributed by atoms with Gasteiger partial charge in [-0.2, -0.15) is 0 Å². The van der Waals surface area contributed by atoms with E-state index in [1.54, 1.807) is 29.5 Å². The van der Waals surface area contributed by atoms with E-state index in [0.29, 0.717) is 22.3 Å². The molecule has 0 bridgehead atoms. The van der Waals surface area contributed by atoms with Crippen molar-refractivity contribution in [3.63, 3.8) is 0 Å². The molecule has 0 radical (unpaired) electrons. The number of hydrogen-bond donors (Lipinski definition) is 1. The lowest BCUT2D eigenvalue weighted by atomic mass is 9.94. The van der Waals surface area contributed by atoms with Gasteiger partial charge in [0.05, 0.1) is 28.7 Å². The van der Waals surface area contributed by atoms with Crippen LogP contribution in [0.2, 0.25) is 10.0 Å². The zero-order valence-electron chi connectivity index (χ0n) is 18.3. The van der Waals surface area contributed by atoms with Gasteiger partial charge in [-0.25, -0.2) is 9.97 Å². The fourth-order valence-electron chi connectivity index (χ4n) is 3.62. The second-order valence-corrected chi connectivity index (χ2v) is 11.3. The minimum Gasteiger partial charge on any atom is -0.370 e. The van der Waals surface area contributed by atoms with Crippen LogP contribution in [0.5, 0.6) is 0 Å². The summed E-state index contributed by atoms with van der Waals surface area (Å²) in [5.74, 6) is 0.915. The second kappa shape index (κ2) is 9.85. The Hall–Kier alpha value is -1.38. The van der Waals surface area contributed by atoms with Crippen LogP contribution in [0.1, 0.15) is 49.9 Å². The number of unbranched alkanes of at least 4 members (excludes halogenated alkanes) is 1. The maximum absolute atomic E-state index is 12.7. The fraction of sp³-hybridized carbons (Fsp3) is 0.435. The highest BCUT2D eigenvalue weighted by molar-refractivity contribution is 8.00. The summed E-state index contributed by atoms with van der Waals surface area (Å²) < 4.78 is 6.01. The molecule has 0 saturated carbocycles. The van der Waals surface area contributed by atoms with Crippen molar-refractivity contribution in [2.45, 2.75) is 63.7 Å². The lowest BCUT2D eigenvalue weighted by Gasteiger charge is -2.30. The maximum atomic E-state index is 12.7. The zero-order chi connectivity index (χ0) is 22.9. The first kappa shape index (κ1) is 23.8. The number of thiophene rings is 1. The molecule has 1 aliphatic rings. The number of carbonyl (C=O) groups is 1. The molecule has 9 heteroatoms. The third-order valence-electron chi connectivity index (χ3n) is 5.24. The Morgan fingerprint density at radius 2 is 2.12 bits per heavy atom. The Morgan fingerprint density at radius 1 is 1.31 bits per heavy atom. The quantitative estimate of drug-likeness (QED) is 0.276. The minimum atomic E-state index is -0.230. The van der Waals surface area contributed by atoms with Crippen LogP contribution in [-0.4, -0.2) is 27.2 Å². The van der Waals surface area contributed by atoms with Crippen molar-refractivity contribution in [2.75, 3.05) is 11.1 Å². The topological polar surface area (TPSA) is 64.1 Å². The van der Waals surface area contributed by atoms with E-state index in [0.717, 1.165) is 46.8 Å². The van der Waals surface area contributed by atoms with Crippen LogP contribution in [0.4, 0.5) is 5.69 Å². The highest BCUT2D eigenvalue weighted by Gasteiger charge is 2.31. The van der Waals surface area contributed by atoms with E-state index >= 15 is 0 Å². The molecule has 0 aliphatic carbocycles. The largest absolute Gasteiger partial charge is 0.370 e. The first-order valence-corrected chi connectivity index (χ1v) is 13.1. The molecule has 1 aliphatic heterocycles. The summed E-state index contributed by atoms with van der Waals surface area (Å²) in [6, 6.07) is 5.02. The molecule has 5 nitrogen and oxygen atoms in total. The molecule has 4 rings (SSSR count). The number of ether oxygens (including phenoxy) is 1. The molecule has 1 aromatic carbocycles. The number of benzene rings is 1. The van der Waals surface area contributed by atoms with Crippen molar-refractivity contribution in [1.29, 1.82) is 0 Å². The number of fused-ring (bicyclic) bond motifs is 3. The van der Waals surface area contributed by atoms with Crippen molar-refractivity contribution in [3.8, 4) is 0 Å². The molecule has 32 heavy (non-hydrogen) atoms. The van der Waals surface area contributed by atoms with Crippen molar-refractivity contribution in [3.05, 3.63) is 44.5 Å². The van der Waals surface area contributed by atoms with E-state index in [1.165, 1.54) is 22.2 Å². The summed E-state index contributed by atoms with van der Waals surface area (Å²) in [5, 5.41) is 5.75. The van der Waals surface area contributed by atoms with E-state index in [4.69, 9.17) is 37.9 Å². The van der Waals surface area contributed by atoms with Gasteiger partial charge in [0.1, 0.15) is 15.7 Å². The van der Waals surface area contributed by atoms with E-state index < -0.39 is 0 Å². The van der Waals surface area contributed by atoms with Gasteiger partial charge in [0.25, 0.3) is 0 Å². The number of amides is 1. The Kier molecular flexibility index (Phi) is 7.32. The highest BCUT2D eigenvalue weighted by Crippen LogP contribution is 2.41. The lowest BCUT2D eigenvalue weighted by Crippen LogP contribution is -2.31. The van der Waals surface area contributed by atoms with Crippen molar-refractivity contribution >= 4 is 68.1 Å². The van der Waals surface area contributed by atoms with Gasteiger partial charge in [0, 0.05) is 28.1 Å². The molecule has 1 N–H and O–H groups in total. The SMILES string of the molecule is CCCCc1nc(SCC(=O)Nc2ccc(Cl)cc2Cl)c2c3c(sc2n1)COC(C)(C)C3. The predicted octanol–water partition coefficient (Wildman–Crippen LogP) is 6.92. The van der Waals surface area contributed by atoms with Crippen LogP contribution >= 0.6 is 46.3 Å². The Morgan fingerprint density at radius 3 is 2.88 bits per heavy atom. The average molecular weight is 511 g/mol. The van der Waals surface area contributed by atoms with E-state index in [9.17, 15) is 4.79 Å². The van der Waals surface area contributed by atoms with E-state index in [-0.39, 0.29) is 17.3 Å². The van der Waals surface area contributed by atoms with Gasteiger partial charge in [-0.05, 0) is 44.0 Å². The summed E-state index contributed by atoms with van der Waals surface area (Å²) in [4.78, 5) is 24.6. The number of nitrogens with zero attached hydrogens (tertiary/aromatic N) is 2. The first-order valence-electron chi connectivity index (χ1n) is 10.6. The predicted molar refractivity (Wildman–Crippen MR) is 134 cm³/mol. The summed E-state index contributed by atoms with van der Waals surface area (Å²) in [7, 11) is 0. The molecule has 1 amide bonds. The van der Waals surface area contributed by atoms with Gasteiger partial charge in [-0.1, -0.05) is 48.3 Å². The normalized spacial score (nSPS) is 15.0. The van der Waals surface area contributed by atoms with E-state index in [2.05, 4.69) is 26.1 Å². The smallest absolute Gasteiger partial charge is 0.234 e. The minimum absolute atomic E-state index is 0.145. The van der Waals surface area contributed by atoms with E-state index in [1.807, 2.05) is 0 Å². The molecule has 3 aromatic rings. The molecule has 0 unspecified atom stereocenters. The van der Waals surface area contributed by atoms with Crippen LogP contribution in [0.25, 0.3) is 10.2 Å². The molecular formula is C23H25Cl2N3O2S2. The summed E-state index contributed by atoms with van der Waals surface area (Å²) in [6.07, 6.45) is 3.75. The monoisotopic (exact) mass is 509 g/mol. The Balaban J connectivity index is 1.61. The first-order chi connectivity index (χ1) is 15.3. The van der Waals surface area contributed by atoms with Crippen molar-refractivity contribution < 1.29 is 9.53 Å². The van der Waals surface area contributed by atoms with Crippen LogP contribution in [-0.2, 0) is 29.0 Å². The number of aryl methyl sites for hydroxylation is 1. The number of hydrogen-bond acceptors (Lipinski definition) is 6. The number of rotatable bonds is 7. The van der Waals surface area contributed by atoms with Crippen LogP contribution < -0.4 is 5.32 Å². The maximum Gasteiger partial charge on any atom is 0.234 e. The Bertz CT molecular complexity index is 1160. The number of halogens is 2. The summed E-state index contributed by atoms with van der Waals surface area (Å²) >= 11 is 15.3. The van der Waals surface area contributed by atoms with Crippen LogP contribution in [0.15, 0.2) is 23.2 Å². The summed E-state index contributed by atoms with van der Waals surface area (Å²) in [5.41, 5.74) is 1.57. The molecular weight excluding hydrogens is 485 g/mol. The van der Waals surface area contributed by atoms with Crippen LogP contribution in [0.3, 0.4) is 0 Å². The van der Waals surface area contributed by atoms with Gasteiger partial charge < -0.3 is 10.1 Å². The summed E-state index contributed by atoms with van der Waals surface area (Å²) in [6.45, 7) is 6.95. The standard InChI is InChI=1S/C23H25Cl2N3O2S2/c1-4-5-6-18-27-21(31-12-19(29)26-16-8-7-13(24)9-15(16)25)20-14-10-23(2,3)30-11-17(14)32-22(20)28-18/h7-9H,4-6,10-12H2,1-3H3,(H,26,29). The van der Waals surface area contributed by atoms with Gasteiger partial charge in [0.2, 0.25) is 5.91 Å². The van der Waals surface area contributed by atoms with Crippen molar-refractivity contribution in [2.24, 2.45) is 0 Å². The molecule has 0 saturated heterocycles. The van der Waals surface area contributed by atoms with Gasteiger partial charge in [-0.15, -0.1) is 11.3 Å². The second-order valence-electron chi connectivity index (χ2n) is 8.42. The third kappa shape index (κ3) is 5.39. The van der Waals surface area contributed by atoms with Gasteiger partial charge in [-0.3, -0.25) is 4.79 Å². The molecule has 0 spiro atoms. The van der Waals surface area contributed by atoms with Gasteiger partial charge >= 0.3 is 0 Å². The Labute approximate surface area is 206 Å². The molecule has 170 valence electrons.